The summed E-state index contributed by atoms with van der Waals surface area (Å²) in [6.45, 7) is 8.73. The lowest BCUT2D eigenvalue weighted by Gasteiger charge is -2.33. The summed E-state index contributed by atoms with van der Waals surface area (Å²) >= 11 is 0. The van der Waals surface area contributed by atoms with E-state index in [4.69, 9.17) is 9.15 Å². The van der Waals surface area contributed by atoms with E-state index >= 15 is 0 Å². The van der Waals surface area contributed by atoms with Crippen LogP contribution in [-0.2, 0) is 14.7 Å². The number of aryl methyl sites for hydroxylation is 1. The third-order valence-corrected chi connectivity index (χ3v) is 8.39. The molecule has 4 rings (SSSR count). The minimum atomic E-state index is -3.04. The number of nitrogens with zero attached hydrogens (tertiary/aromatic N) is 2. The molecule has 0 bridgehead atoms. The Morgan fingerprint density at radius 1 is 1.11 bits per heavy atom. The molecule has 144 valence electrons. The van der Waals surface area contributed by atoms with E-state index in [0.717, 1.165) is 17.1 Å². The van der Waals surface area contributed by atoms with Crippen LogP contribution in [0, 0.1) is 6.92 Å². The van der Waals surface area contributed by atoms with Crippen molar-refractivity contribution in [3.8, 4) is 0 Å². The summed E-state index contributed by atoms with van der Waals surface area (Å²) in [6.07, 6.45) is 0. The Morgan fingerprint density at radius 3 is 2.44 bits per heavy atom. The van der Waals surface area contributed by atoms with Gasteiger partial charge in [0.2, 0.25) is 7.29 Å². The monoisotopic (exact) mass is 386 g/mol. The molecule has 0 N–H and O–H groups in total. The number of benzene rings is 1. The van der Waals surface area contributed by atoms with Crippen LogP contribution in [0.2, 0.25) is 0 Å². The molecule has 1 atom stereocenters. The largest absolute Gasteiger partial charge is 0.457 e. The van der Waals surface area contributed by atoms with Gasteiger partial charge in [-0.25, -0.2) is 4.67 Å². The van der Waals surface area contributed by atoms with Crippen molar-refractivity contribution in [2.45, 2.75) is 26.2 Å². The smallest absolute Gasteiger partial charge is 0.236 e. The van der Waals surface area contributed by atoms with Gasteiger partial charge in [-0.05, 0) is 30.7 Å². The summed E-state index contributed by atoms with van der Waals surface area (Å²) in [7, 11) is -0.986. The second-order valence-electron chi connectivity index (χ2n) is 7.79. The summed E-state index contributed by atoms with van der Waals surface area (Å²) in [5.41, 5.74) is 3.79. The van der Waals surface area contributed by atoms with E-state index in [1.165, 1.54) is 5.56 Å². The maximum Gasteiger partial charge on any atom is 0.236 e. The molecule has 1 aromatic carbocycles. The molecular formula is C21H27N2O3P. The van der Waals surface area contributed by atoms with Crippen molar-refractivity contribution in [3.05, 3.63) is 59.2 Å². The van der Waals surface area contributed by atoms with E-state index < -0.39 is 7.29 Å². The van der Waals surface area contributed by atoms with Gasteiger partial charge in [-0.15, -0.1) is 0 Å². The maximum absolute atomic E-state index is 14.4. The van der Waals surface area contributed by atoms with E-state index in [0.29, 0.717) is 31.8 Å². The molecule has 3 heterocycles. The van der Waals surface area contributed by atoms with Crippen LogP contribution in [0.15, 0.2) is 52.3 Å². The molecule has 1 unspecified atom stereocenters. The van der Waals surface area contributed by atoms with Crippen LogP contribution in [0.5, 0.6) is 0 Å². The molecule has 0 amide bonds. The molecular weight excluding hydrogens is 359 g/mol. The first-order valence-electron chi connectivity index (χ1n) is 9.40. The maximum atomic E-state index is 14.4. The van der Waals surface area contributed by atoms with Crippen LogP contribution in [0.3, 0.4) is 0 Å². The molecule has 0 spiro atoms. The molecule has 1 fully saturated rings. The van der Waals surface area contributed by atoms with E-state index in [1.54, 1.807) is 0 Å². The van der Waals surface area contributed by atoms with Crippen LogP contribution in [0.4, 0.5) is 5.69 Å². The standard InChI is InChI=1S/C21H27N2O3P/c1-16-9-10-20(26-16)27(24,23-11-13-25-14-12-23)15-19-21(2,3)17-7-5-6-8-18(17)22(19)4/h5-10,15H,11-14H2,1-4H3/b19-15-. The number of likely N-dealkylation sites (N-methyl/N-ethyl adjacent to an activating group) is 1. The summed E-state index contributed by atoms with van der Waals surface area (Å²) in [5, 5.41) is 0. The zero-order valence-electron chi connectivity index (χ0n) is 16.4. The number of para-hydroxylation sites is 1. The van der Waals surface area contributed by atoms with E-state index in [9.17, 15) is 4.57 Å². The van der Waals surface area contributed by atoms with Crippen molar-refractivity contribution in [2.75, 3.05) is 38.3 Å². The van der Waals surface area contributed by atoms with Crippen molar-refractivity contribution < 1.29 is 13.7 Å². The molecule has 0 saturated carbocycles. The first-order valence-corrected chi connectivity index (χ1v) is 11.1. The topological polar surface area (TPSA) is 45.9 Å². The number of hydrogen-bond donors (Lipinski definition) is 0. The summed E-state index contributed by atoms with van der Waals surface area (Å²) < 4.78 is 27.8. The Kier molecular flexibility index (Phi) is 4.58. The first kappa shape index (κ1) is 18.5. The lowest BCUT2D eigenvalue weighted by molar-refractivity contribution is 0.0729. The van der Waals surface area contributed by atoms with Gasteiger partial charge >= 0.3 is 0 Å². The number of morpholine rings is 1. The predicted octanol–water partition coefficient (Wildman–Crippen LogP) is 4.09. The van der Waals surface area contributed by atoms with Gasteiger partial charge in [0.15, 0.2) is 5.50 Å². The molecule has 0 aliphatic carbocycles. The third-order valence-electron chi connectivity index (χ3n) is 5.69. The van der Waals surface area contributed by atoms with Crippen molar-refractivity contribution >= 4 is 18.5 Å². The van der Waals surface area contributed by atoms with Crippen molar-refractivity contribution in [3.63, 3.8) is 0 Å². The van der Waals surface area contributed by atoms with Crippen molar-refractivity contribution in [1.29, 1.82) is 0 Å². The Bertz CT molecular complexity index is 925. The molecule has 2 aromatic rings. The molecule has 2 aliphatic rings. The Hall–Kier alpha value is -1.81. The molecule has 27 heavy (non-hydrogen) atoms. The fourth-order valence-corrected chi connectivity index (χ4v) is 6.84. The van der Waals surface area contributed by atoms with Crippen LogP contribution in [0.1, 0.15) is 25.2 Å². The average Bonchev–Trinajstić information content (AvgIpc) is 3.19. The lowest BCUT2D eigenvalue weighted by Crippen LogP contribution is -2.36. The predicted molar refractivity (Wildman–Crippen MR) is 109 cm³/mol. The number of anilines is 1. The van der Waals surface area contributed by atoms with Crippen molar-refractivity contribution in [2.24, 2.45) is 0 Å². The van der Waals surface area contributed by atoms with E-state index in [-0.39, 0.29) is 5.41 Å². The molecule has 1 saturated heterocycles. The SMILES string of the molecule is Cc1ccc(P(=O)(/C=C2\N(C)c3ccccc3C2(C)C)N2CCOCC2)o1. The van der Waals surface area contributed by atoms with Gasteiger partial charge in [0.1, 0.15) is 5.76 Å². The molecule has 0 radical (unpaired) electrons. The van der Waals surface area contributed by atoms with Gasteiger partial charge in [-0.2, -0.15) is 0 Å². The van der Waals surface area contributed by atoms with Gasteiger partial charge < -0.3 is 14.1 Å². The van der Waals surface area contributed by atoms with E-state index in [1.807, 2.05) is 35.6 Å². The Labute approximate surface area is 161 Å². The highest BCUT2D eigenvalue weighted by Gasteiger charge is 2.43. The third kappa shape index (κ3) is 2.98. The van der Waals surface area contributed by atoms with Gasteiger partial charge in [0.05, 0.1) is 13.2 Å². The second-order valence-corrected chi connectivity index (χ2v) is 10.3. The number of rotatable bonds is 3. The lowest BCUT2D eigenvalue weighted by atomic mass is 9.84. The highest BCUT2D eigenvalue weighted by Crippen LogP contribution is 2.56. The number of hydrogen-bond acceptors (Lipinski definition) is 4. The van der Waals surface area contributed by atoms with Crippen LogP contribution < -0.4 is 10.4 Å². The second kappa shape index (κ2) is 6.66. The first-order chi connectivity index (χ1) is 12.8. The summed E-state index contributed by atoms with van der Waals surface area (Å²) in [4.78, 5) is 2.16. The zero-order valence-corrected chi connectivity index (χ0v) is 17.3. The normalized spacial score (nSPS) is 23.4. The Balaban J connectivity index is 1.86. The quantitative estimate of drug-likeness (QED) is 0.744. The molecule has 2 aliphatic heterocycles. The molecule has 1 aromatic heterocycles. The molecule has 6 heteroatoms. The van der Waals surface area contributed by atoms with Gasteiger partial charge in [0.25, 0.3) is 0 Å². The van der Waals surface area contributed by atoms with Gasteiger partial charge in [-0.3, -0.25) is 4.57 Å². The highest BCUT2D eigenvalue weighted by atomic mass is 31.2. The van der Waals surface area contributed by atoms with Crippen molar-refractivity contribution in [1.82, 2.24) is 4.67 Å². The minimum absolute atomic E-state index is 0.227. The Morgan fingerprint density at radius 2 is 1.81 bits per heavy atom. The van der Waals surface area contributed by atoms with Crippen LogP contribution >= 0.6 is 7.29 Å². The number of ether oxygens (including phenoxy) is 1. The fourth-order valence-electron chi connectivity index (χ4n) is 4.12. The highest BCUT2D eigenvalue weighted by molar-refractivity contribution is 7.72. The zero-order chi connectivity index (χ0) is 19.2. The van der Waals surface area contributed by atoms with Gasteiger partial charge in [0, 0.05) is 42.8 Å². The number of allylic oxidation sites excluding steroid dienone is 1. The molecule has 5 nitrogen and oxygen atoms in total. The number of furan rings is 1. The van der Waals surface area contributed by atoms with E-state index in [2.05, 4.69) is 44.0 Å². The fraction of sp³-hybridized carbons (Fsp3) is 0.429. The van der Waals surface area contributed by atoms with Crippen LogP contribution in [0.25, 0.3) is 0 Å². The average molecular weight is 386 g/mol. The summed E-state index contributed by atoms with van der Waals surface area (Å²) in [6, 6.07) is 12.1. The number of fused-ring (bicyclic) bond motifs is 1. The minimum Gasteiger partial charge on any atom is -0.457 e. The van der Waals surface area contributed by atoms with Gasteiger partial charge in [-0.1, -0.05) is 32.0 Å². The summed E-state index contributed by atoms with van der Waals surface area (Å²) in [5.74, 6) is 2.75. The van der Waals surface area contributed by atoms with Crippen LogP contribution in [-0.4, -0.2) is 38.0 Å².